The molecule has 206 valence electrons. The Labute approximate surface area is 248 Å². The molecule has 3 aromatic heterocycles. The number of nitrogen functional groups attached to an aromatic ring is 1. The second kappa shape index (κ2) is 12.1. The van der Waals surface area contributed by atoms with Gasteiger partial charge in [0.05, 0.1) is 0 Å². The quantitative estimate of drug-likeness (QED) is 0.0887. The van der Waals surface area contributed by atoms with Gasteiger partial charge in [-0.25, -0.2) is 9.78 Å². The SMILES string of the molecule is Nc1nc(/C(=N\O)C(=O)N[C@@H]2C(=O)N3C(C(=O)O)=C(Sc4ccncc4CSc4ccncc4)CS[C@H]23)c(Cl)s1. The summed E-state index contributed by atoms with van der Waals surface area (Å²) in [5.41, 5.74) is 5.75. The van der Waals surface area contributed by atoms with Gasteiger partial charge in [-0.1, -0.05) is 39.9 Å². The summed E-state index contributed by atoms with van der Waals surface area (Å²) >= 11 is 11.1. The Morgan fingerprint density at radius 3 is 2.67 bits per heavy atom. The van der Waals surface area contributed by atoms with Crippen molar-refractivity contribution in [3.05, 3.63) is 69.2 Å². The first-order chi connectivity index (χ1) is 19.3. The molecule has 0 radical (unpaired) electrons. The molecule has 40 heavy (non-hydrogen) atoms. The number of carbonyl (C=O) groups is 3. The first-order valence-electron chi connectivity index (χ1n) is 11.3. The number of nitrogens with two attached hydrogens (primary N) is 1. The maximum absolute atomic E-state index is 13.1. The summed E-state index contributed by atoms with van der Waals surface area (Å²) in [4.78, 5) is 53.9. The summed E-state index contributed by atoms with van der Waals surface area (Å²) in [6, 6.07) is 4.57. The van der Waals surface area contributed by atoms with Gasteiger partial charge in [-0.05, 0) is 23.8 Å². The van der Waals surface area contributed by atoms with E-state index in [0.717, 1.165) is 26.7 Å². The molecule has 0 unspecified atom stereocenters. The maximum atomic E-state index is 13.1. The average molecular weight is 636 g/mol. The van der Waals surface area contributed by atoms with Gasteiger partial charge in [-0.3, -0.25) is 24.5 Å². The second-order valence-electron chi connectivity index (χ2n) is 8.12. The fourth-order valence-electron chi connectivity index (χ4n) is 3.89. The summed E-state index contributed by atoms with van der Waals surface area (Å²) < 4.78 is 0.0430. The van der Waals surface area contributed by atoms with E-state index < -0.39 is 34.9 Å². The molecule has 17 heteroatoms. The Kier molecular flexibility index (Phi) is 8.51. The number of fused-ring (bicyclic) bond motifs is 1. The Hall–Kier alpha value is -3.31. The molecule has 2 atom stereocenters. The van der Waals surface area contributed by atoms with Gasteiger partial charge in [-0.2, -0.15) is 0 Å². The molecule has 0 saturated carbocycles. The molecule has 5 N–H and O–H groups in total. The number of nitrogens with zero attached hydrogens (tertiary/aromatic N) is 5. The van der Waals surface area contributed by atoms with Crippen LogP contribution in [0.5, 0.6) is 0 Å². The summed E-state index contributed by atoms with van der Waals surface area (Å²) in [6.07, 6.45) is 6.79. The van der Waals surface area contributed by atoms with Gasteiger partial charge in [0.1, 0.15) is 27.1 Å². The monoisotopic (exact) mass is 635 g/mol. The van der Waals surface area contributed by atoms with E-state index in [0.29, 0.717) is 16.4 Å². The number of thiazole rings is 1. The number of β-lactam (4-membered cyclic amide) rings is 1. The van der Waals surface area contributed by atoms with E-state index in [1.165, 1.54) is 28.4 Å². The van der Waals surface area contributed by atoms with Crippen LogP contribution in [0.2, 0.25) is 4.34 Å². The number of oxime groups is 1. The molecular weight excluding hydrogens is 618 g/mol. The van der Waals surface area contributed by atoms with E-state index in [1.807, 2.05) is 18.2 Å². The number of hydrogen-bond acceptors (Lipinski definition) is 13. The first kappa shape index (κ1) is 28.2. The van der Waals surface area contributed by atoms with Crippen molar-refractivity contribution >= 4 is 86.9 Å². The molecule has 5 rings (SSSR count). The highest BCUT2D eigenvalue weighted by Crippen LogP contribution is 2.46. The van der Waals surface area contributed by atoms with Crippen LogP contribution >= 0.6 is 58.2 Å². The zero-order valence-electron chi connectivity index (χ0n) is 20.1. The highest BCUT2D eigenvalue weighted by Gasteiger charge is 2.54. The van der Waals surface area contributed by atoms with Gasteiger partial charge >= 0.3 is 5.97 Å². The summed E-state index contributed by atoms with van der Waals surface area (Å²) in [5.74, 6) is -1.86. The Bertz CT molecular complexity index is 1550. The van der Waals surface area contributed by atoms with Crippen LogP contribution in [0.25, 0.3) is 0 Å². The lowest BCUT2D eigenvalue weighted by Gasteiger charge is -2.49. The molecular formula is C23H18ClN7O5S4. The minimum absolute atomic E-state index is 0.0430. The number of aromatic nitrogens is 3. The summed E-state index contributed by atoms with van der Waals surface area (Å²) in [7, 11) is 0. The fraction of sp³-hybridized carbons (Fsp3) is 0.174. The van der Waals surface area contributed by atoms with Crippen molar-refractivity contribution in [1.29, 1.82) is 0 Å². The molecule has 0 aliphatic carbocycles. The number of carboxylic acids is 1. The lowest BCUT2D eigenvalue weighted by atomic mass is 10.0. The normalized spacial score (nSPS) is 18.8. The van der Waals surface area contributed by atoms with Crippen molar-refractivity contribution < 1.29 is 24.7 Å². The molecule has 5 heterocycles. The Morgan fingerprint density at radius 1 is 1.25 bits per heavy atom. The number of anilines is 1. The molecule has 1 fully saturated rings. The number of pyridine rings is 2. The van der Waals surface area contributed by atoms with Crippen LogP contribution in [0, 0.1) is 0 Å². The number of thioether (sulfide) groups is 3. The van der Waals surface area contributed by atoms with Crippen molar-refractivity contribution in [2.75, 3.05) is 11.5 Å². The highest BCUT2D eigenvalue weighted by molar-refractivity contribution is 8.06. The maximum Gasteiger partial charge on any atom is 0.353 e. The van der Waals surface area contributed by atoms with Crippen LogP contribution in [0.3, 0.4) is 0 Å². The third-order valence-corrected chi connectivity index (χ3v) is 10.5. The largest absolute Gasteiger partial charge is 0.477 e. The number of aliphatic carboxylic acids is 1. The van der Waals surface area contributed by atoms with Crippen molar-refractivity contribution in [2.45, 2.75) is 27.0 Å². The van der Waals surface area contributed by atoms with E-state index >= 15 is 0 Å². The molecule has 2 aliphatic rings. The molecule has 3 aromatic rings. The third-order valence-electron chi connectivity index (χ3n) is 5.70. The van der Waals surface area contributed by atoms with E-state index in [2.05, 4.69) is 25.4 Å². The zero-order chi connectivity index (χ0) is 28.4. The number of amides is 2. The molecule has 0 aromatic carbocycles. The van der Waals surface area contributed by atoms with Crippen LogP contribution < -0.4 is 11.1 Å². The molecule has 0 bridgehead atoms. The molecule has 2 amide bonds. The molecule has 2 aliphatic heterocycles. The fourth-order valence-corrected chi connectivity index (χ4v) is 8.35. The van der Waals surface area contributed by atoms with Gasteiger partial charge in [-0.15, -0.1) is 23.5 Å². The van der Waals surface area contributed by atoms with E-state index in [4.69, 9.17) is 17.3 Å². The number of nitrogens with one attached hydrogen (secondary N) is 1. The van der Waals surface area contributed by atoms with Gasteiger partial charge in [0.25, 0.3) is 11.8 Å². The third kappa shape index (κ3) is 5.62. The Morgan fingerprint density at radius 2 is 2.00 bits per heavy atom. The number of rotatable bonds is 9. The van der Waals surface area contributed by atoms with Crippen LogP contribution in [-0.4, -0.2) is 70.8 Å². The van der Waals surface area contributed by atoms with Crippen molar-refractivity contribution in [3.8, 4) is 0 Å². The Balaban J connectivity index is 1.33. The predicted molar refractivity (Wildman–Crippen MR) is 153 cm³/mol. The van der Waals surface area contributed by atoms with Crippen LogP contribution in [0.1, 0.15) is 11.3 Å². The van der Waals surface area contributed by atoms with Crippen molar-refractivity contribution in [2.24, 2.45) is 5.16 Å². The highest BCUT2D eigenvalue weighted by atomic mass is 35.5. The number of carboxylic acid groups (broad SMARTS) is 1. The lowest BCUT2D eigenvalue weighted by Crippen LogP contribution is -2.71. The smallest absolute Gasteiger partial charge is 0.353 e. The standard InChI is InChI=1S/C23H18ClN7O5S4/c24-18-14(29-23(25)40-18)15(30-36)19(32)28-16-20(33)31-17(22(34)35)13(9-38-21(16)31)39-12-3-6-27-7-10(12)8-37-11-1-4-26-5-2-11/h1-7,16,21,36H,8-9H2,(H2,25,29)(H,28,32)(H,34,35)/b30-15+/t16-,21-/m1/s1. The van der Waals surface area contributed by atoms with E-state index in [-0.39, 0.29) is 20.9 Å². The summed E-state index contributed by atoms with van der Waals surface area (Å²) in [5, 5.41) is 24.3. The minimum atomic E-state index is -1.25. The van der Waals surface area contributed by atoms with Gasteiger partial charge in [0.2, 0.25) is 0 Å². The number of halogens is 1. The van der Waals surface area contributed by atoms with Crippen molar-refractivity contribution in [3.63, 3.8) is 0 Å². The van der Waals surface area contributed by atoms with Crippen LogP contribution in [0.4, 0.5) is 5.13 Å². The molecule has 1 saturated heterocycles. The predicted octanol–water partition coefficient (Wildman–Crippen LogP) is 3.13. The minimum Gasteiger partial charge on any atom is -0.477 e. The van der Waals surface area contributed by atoms with E-state index in [9.17, 15) is 24.7 Å². The second-order valence-corrected chi connectivity index (χ2v) is 13.0. The summed E-state index contributed by atoms with van der Waals surface area (Å²) in [6.45, 7) is 0. The molecule has 0 spiro atoms. The van der Waals surface area contributed by atoms with Crippen LogP contribution in [-0.2, 0) is 20.1 Å². The van der Waals surface area contributed by atoms with Crippen LogP contribution in [0.15, 0.2) is 68.5 Å². The van der Waals surface area contributed by atoms with Gasteiger partial charge < -0.3 is 21.4 Å². The van der Waals surface area contributed by atoms with E-state index in [1.54, 1.807) is 36.5 Å². The van der Waals surface area contributed by atoms with Crippen molar-refractivity contribution in [1.82, 2.24) is 25.2 Å². The number of carbonyl (C=O) groups excluding carboxylic acids is 2. The first-order valence-corrected chi connectivity index (χ1v) is 15.3. The average Bonchev–Trinajstić information content (AvgIpc) is 3.28. The van der Waals surface area contributed by atoms with Gasteiger partial charge in [0, 0.05) is 51.0 Å². The lowest BCUT2D eigenvalue weighted by molar-refractivity contribution is -0.150. The number of hydrogen-bond donors (Lipinski definition) is 4. The molecule has 12 nitrogen and oxygen atoms in total. The van der Waals surface area contributed by atoms with Gasteiger partial charge in [0.15, 0.2) is 10.8 Å². The topological polar surface area (TPSA) is 184 Å². The zero-order valence-corrected chi connectivity index (χ0v) is 24.1.